The van der Waals surface area contributed by atoms with Gasteiger partial charge in [0, 0.05) is 0 Å². The van der Waals surface area contributed by atoms with Crippen LogP contribution in [0.4, 0.5) is 0 Å². The molecule has 0 bridgehead atoms. The first-order valence-electron chi connectivity index (χ1n) is 13.1. The molecular formula is C34H28Cl2P2Zr. The van der Waals surface area contributed by atoms with E-state index >= 15 is 0 Å². The quantitative estimate of drug-likeness (QED) is 0.181. The van der Waals surface area contributed by atoms with E-state index in [1.807, 2.05) is 0 Å². The van der Waals surface area contributed by atoms with Crippen LogP contribution in [0.5, 0.6) is 0 Å². The second-order valence-corrected chi connectivity index (χ2v) is 29.3. The van der Waals surface area contributed by atoms with Crippen molar-refractivity contribution in [3.8, 4) is 0 Å². The Hall–Kier alpha value is -1.84. The summed E-state index contributed by atoms with van der Waals surface area (Å²) in [7, 11) is 18.9. The molecule has 0 spiro atoms. The molecule has 0 amide bonds. The van der Waals surface area contributed by atoms with Crippen molar-refractivity contribution in [1.29, 1.82) is 0 Å². The van der Waals surface area contributed by atoms with Gasteiger partial charge in [0.1, 0.15) is 0 Å². The summed E-state index contributed by atoms with van der Waals surface area (Å²) in [6.45, 7) is 4.50. The summed E-state index contributed by atoms with van der Waals surface area (Å²) in [5.41, 5.74) is 7.43. The van der Waals surface area contributed by atoms with Crippen molar-refractivity contribution < 1.29 is 17.9 Å². The number of hydrogen-bond donors (Lipinski definition) is 0. The summed E-state index contributed by atoms with van der Waals surface area (Å²) in [6.07, 6.45) is 4.71. The third kappa shape index (κ3) is 4.38. The second kappa shape index (κ2) is 10.9. The normalized spacial score (nSPS) is 23.5. The van der Waals surface area contributed by atoms with Gasteiger partial charge in [-0.1, -0.05) is 0 Å². The molecule has 2 unspecified atom stereocenters. The van der Waals surface area contributed by atoms with Gasteiger partial charge in [-0.3, -0.25) is 0 Å². The van der Waals surface area contributed by atoms with Gasteiger partial charge >= 0.3 is 248 Å². The topological polar surface area (TPSA) is 0 Å². The predicted octanol–water partition coefficient (Wildman–Crippen LogP) is 10.4. The SMILES string of the molecule is CC1=CC(c2ccccc2)=P[C]1(c1ccccc1)[Zr]([Cl])([Cl])[C]1(c2ccccc2)P=C(c2ccccc2)C=C1C. The van der Waals surface area contributed by atoms with E-state index < -0.39 is 23.6 Å². The zero-order valence-corrected chi connectivity index (χ0v) is 27.6. The van der Waals surface area contributed by atoms with Crippen LogP contribution in [0.25, 0.3) is 0 Å². The molecule has 0 aromatic heterocycles. The first-order chi connectivity index (χ1) is 18.9. The molecule has 0 aliphatic carbocycles. The van der Waals surface area contributed by atoms with Crippen LogP contribution in [-0.2, 0) is 23.6 Å². The number of halogens is 2. The van der Waals surface area contributed by atoms with Crippen LogP contribution in [0.15, 0.2) is 145 Å². The number of benzene rings is 4. The average molecular weight is 661 g/mol. The molecule has 39 heavy (non-hydrogen) atoms. The Labute approximate surface area is 246 Å². The van der Waals surface area contributed by atoms with Crippen LogP contribution < -0.4 is 0 Å². The first kappa shape index (κ1) is 27.3. The fourth-order valence-corrected chi connectivity index (χ4v) is 31.2. The molecule has 2 aliphatic heterocycles. The summed E-state index contributed by atoms with van der Waals surface area (Å²) >= 11 is -4.44. The zero-order valence-electron chi connectivity index (χ0n) is 21.9. The minimum atomic E-state index is -4.44. The van der Waals surface area contributed by atoms with Crippen LogP contribution in [-0.4, -0.2) is 10.6 Å². The Morgan fingerprint density at radius 2 is 0.795 bits per heavy atom. The molecule has 2 atom stereocenters. The van der Waals surface area contributed by atoms with Crippen molar-refractivity contribution in [3.05, 3.63) is 167 Å². The van der Waals surface area contributed by atoms with Gasteiger partial charge in [-0.05, 0) is 0 Å². The Morgan fingerprint density at radius 1 is 0.487 bits per heavy atom. The van der Waals surface area contributed by atoms with Crippen molar-refractivity contribution in [1.82, 2.24) is 0 Å². The molecule has 4 aromatic carbocycles. The molecule has 192 valence electrons. The van der Waals surface area contributed by atoms with Crippen molar-refractivity contribution in [3.63, 3.8) is 0 Å². The van der Waals surface area contributed by atoms with Crippen molar-refractivity contribution in [2.75, 3.05) is 0 Å². The summed E-state index contributed by atoms with van der Waals surface area (Å²) in [6, 6.07) is 43.0. The molecule has 0 fully saturated rings. The van der Waals surface area contributed by atoms with E-state index in [1.54, 1.807) is 0 Å². The Morgan fingerprint density at radius 3 is 1.13 bits per heavy atom. The summed E-state index contributed by atoms with van der Waals surface area (Å²) < 4.78 is -0.928. The van der Waals surface area contributed by atoms with E-state index in [1.165, 1.54) is 60.4 Å². The first-order valence-corrected chi connectivity index (χ1v) is 23.6. The summed E-state index contributed by atoms with van der Waals surface area (Å²) in [4.78, 5) is 0. The van der Waals surface area contributed by atoms with Gasteiger partial charge in [0.05, 0.1) is 0 Å². The molecule has 2 heterocycles. The molecule has 2 aliphatic rings. The van der Waals surface area contributed by atoms with E-state index in [9.17, 15) is 0 Å². The van der Waals surface area contributed by atoms with Crippen molar-refractivity contribution in [2.45, 2.75) is 19.6 Å². The maximum absolute atomic E-state index is 8.28. The van der Waals surface area contributed by atoms with E-state index in [0.717, 1.165) is 0 Å². The number of hydrogen-bond acceptors (Lipinski definition) is 0. The standard InChI is InChI=1S/2C17H14P.2ClH.Zr/c2*1-13-12-16(14-8-4-2-5-9-14)18-17(13)15-10-6-3-7-11-15;;;/h2*2-12H,1H3;2*1H;/q;;;;+2/p-2. The predicted molar refractivity (Wildman–Crippen MR) is 170 cm³/mol. The minimum absolute atomic E-state index is 0.464. The fourth-order valence-electron chi connectivity index (χ4n) is 5.94. The summed E-state index contributed by atoms with van der Waals surface area (Å²) in [5, 5.41) is 2.57. The Kier molecular flexibility index (Phi) is 7.61. The fraction of sp³-hybridized carbons (Fsp3) is 0.118. The van der Waals surface area contributed by atoms with Gasteiger partial charge < -0.3 is 0 Å². The van der Waals surface area contributed by atoms with Crippen LogP contribution >= 0.6 is 33.4 Å². The van der Waals surface area contributed by atoms with Crippen LogP contribution in [0, 0.1) is 0 Å². The van der Waals surface area contributed by atoms with Crippen LogP contribution in [0.1, 0.15) is 36.1 Å². The van der Waals surface area contributed by atoms with Crippen LogP contribution in [0.2, 0.25) is 0 Å². The third-order valence-electron chi connectivity index (χ3n) is 7.86. The molecule has 0 radical (unpaired) electrons. The second-order valence-electron chi connectivity index (χ2n) is 10.1. The molecule has 0 saturated carbocycles. The van der Waals surface area contributed by atoms with E-state index in [0.29, 0.717) is 0 Å². The van der Waals surface area contributed by atoms with Gasteiger partial charge in [-0.25, -0.2) is 0 Å². The molecule has 6 rings (SSSR count). The summed E-state index contributed by atoms with van der Waals surface area (Å²) in [5.74, 6) is 0. The van der Waals surface area contributed by atoms with Gasteiger partial charge in [-0.2, -0.15) is 0 Å². The Bertz CT molecular complexity index is 1510. The van der Waals surface area contributed by atoms with Gasteiger partial charge in [0.2, 0.25) is 0 Å². The average Bonchev–Trinajstić information content (AvgIpc) is 3.54. The van der Waals surface area contributed by atoms with Crippen LogP contribution in [0.3, 0.4) is 0 Å². The molecule has 4 aromatic rings. The van der Waals surface area contributed by atoms with E-state index in [4.69, 9.17) is 17.0 Å². The van der Waals surface area contributed by atoms with Gasteiger partial charge in [-0.15, -0.1) is 0 Å². The van der Waals surface area contributed by atoms with E-state index in [2.05, 4.69) is 147 Å². The molecule has 0 saturated heterocycles. The number of allylic oxidation sites excluding steroid dienone is 4. The van der Waals surface area contributed by atoms with Gasteiger partial charge in [0.25, 0.3) is 0 Å². The molecule has 0 N–H and O–H groups in total. The third-order valence-corrected chi connectivity index (χ3v) is 34.3. The molecule has 5 heteroatoms. The Balaban J connectivity index is 1.66. The number of rotatable bonds is 6. The molecule has 0 nitrogen and oxygen atoms in total. The zero-order chi connectivity index (χ0) is 27.1. The monoisotopic (exact) mass is 658 g/mol. The van der Waals surface area contributed by atoms with E-state index in [-0.39, 0.29) is 0 Å². The molecular weight excluding hydrogens is 632 g/mol. The maximum atomic E-state index is 8.28. The van der Waals surface area contributed by atoms with Gasteiger partial charge in [0.15, 0.2) is 0 Å². The van der Waals surface area contributed by atoms with Crippen molar-refractivity contribution in [2.24, 2.45) is 0 Å². The van der Waals surface area contributed by atoms with Crippen molar-refractivity contribution >= 4 is 44.0 Å².